The van der Waals surface area contributed by atoms with Crippen LogP contribution in [0.3, 0.4) is 0 Å². The normalized spacial score (nSPS) is 13.8. The van der Waals surface area contributed by atoms with E-state index in [1.807, 2.05) is 6.92 Å². The number of carbonyl (C=O) groups excluding carboxylic acids is 1. The average Bonchev–Trinajstić information content (AvgIpc) is 2.03. The Morgan fingerprint density at radius 1 is 1.50 bits per heavy atom. The van der Waals surface area contributed by atoms with Crippen LogP contribution in [0, 0.1) is 0 Å². The second-order valence-corrected chi connectivity index (χ2v) is 5.20. The van der Waals surface area contributed by atoms with Gasteiger partial charge in [-0.2, -0.15) is 0 Å². The van der Waals surface area contributed by atoms with Crippen LogP contribution < -0.4 is 0 Å². The predicted octanol–water partition coefficient (Wildman–Crippen LogP) is 2.45. The molecule has 0 aliphatic carbocycles. The van der Waals surface area contributed by atoms with Crippen molar-refractivity contribution < 1.29 is 14.6 Å². The molecule has 0 radical (unpaired) electrons. The van der Waals surface area contributed by atoms with Crippen LogP contribution in [0.4, 0.5) is 0 Å². The van der Waals surface area contributed by atoms with Gasteiger partial charge in [-0.25, -0.2) is 0 Å². The molecule has 3 nitrogen and oxygen atoms in total. The first-order valence-electron chi connectivity index (χ1n) is 4.28. The van der Waals surface area contributed by atoms with Gasteiger partial charge in [-0.05, 0) is 6.42 Å². The zero-order chi connectivity index (χ0) is 11.2. The summed E-state index contributed by atoms with van der Waals surface area (Å²) in [6.45, 7) is 2.31. The number of hydrogen-bond acceptors (Lipinski definition) is 3. The van der Waals surface area contributed by atoms with Crippen LogP contribution in [0.15, 0.2) is 0 Å². The van der Waals surface area contributed by atoms with E-state index in [2.05, 4.69) is 0 Å². The molecule has 0 amide bonds. The van der Waals surface area contributed by atoms with E-state index in [0.717, 1.165) is 12.8 Å². The summed E-state index contributed by atoms with van der Waals surface area (Å²) in [5.41, 5.74) is 0. The molecule has 14 heavy (non-hydrogen) atoms. The Morgan fingerprint density at radius 2 is 2.07 bits per heavy atom. The zero-order valence-electron chi connectivity index (χ0n) is 7.80. The largest absolute Gasteiger partial charge is 0.466 e. The molecule has 6 heteroatoms. The van der Waals surface area contributed by atoms with Crippen molar-refractivity contribution in [1.29, 1.82) is 0 Å². The smallest absolute Gasteiger partial charge is 0.308 e. The van der Waals surface area contributed by atoms with Gasteiger partial charge >= 0.3 is 5.97 Å². The van der Waals surface area contributed by atoms with Gasteiger partial charge < -0.3 is 9.84 Å². The van der Waals surface area contributed by atoms with Crippen molar-refractivity contribution in [2.45, 2.75) is 36.1 Å². The molecule has 0 heterocycles. The Morgan fingerprint density at radius 3 is 2.50 bits per heavy atom. The minimum atomic E-state index is -1.84. The lowest BCUT2D eigenvalue weighted by atomic mass is 10.3. The molecule has 0 aromatic heterocycles. The highest BCUT2D eigenvalue weighted by molar-refractivity contribution is 6.68. The summed E-state index contributed by atoms with van der Waals surface area (Å²) < 4.78 is 2.93. The Bertz CT molecular complexity index is 179. The molecular weight excluding hydrogens is 250 g/mol. The summed E-state index contributed by atoms with van der Waals surface area (Å²) in [5.74, 6) is -0.558. The van der Waals surface area contributed by atoms with Crippen LogP contribution in [0.5, 0.6) is 0 Å². The number of carbonyl (C=O) groups is 1. The SMILES string of the molecule is CCCCOC(=O)CC(O)C(Cl)(Cl)Cl. The lowest BCUT2D eigenvalue weighted by Gasteiger charge is -2.17. The first-order chi connectivity index (χ1) is 6.38. The second-order valence-electron chi connectivity index (χ2n) is 2.84. The number of aliphatic hydroxyl groups excluding tert-OH is 1. The van der Waals surface area contributed by atoms with Gasteiger partial charge in [-0.1, -0.05) is 48.1 Å². The fourth-order valence-corrected chi connectivity index (χ4v) is 0.894. The second kappa shape index (κ2) is 6.72. The third kappa shape index (κ3) is 6.71. The highest BCUT2D eigenvalue weighted by atomic mass is 35.6. The minimum Gasteiger partial charge on any atom is -0.466 e. The van der Waals surface area contributed by atoms with E-state index in [1.54, 1.807) is 0 Å². The minimum absolute atomic E-state index is 0.305. The van der Waals surface area contributed by atoms with Crippen molar-refractivity contribution in [3.8, 4) is 0 Å². The van der Waals surface area contributed by atoms with Gasteiger partial charge in [-0.15, -0.1) is 0 Å². The van der Waals surface area contributed by atoms with Crippen LogP contribution in [0.1, 0.15) is 26.2 Å². The Hall–Kier alpha value is 0.300. The molecule has 0 aliphatic heterocycles. The van der Waals surface area contributed by atoms with Crippen molar-refractivity contribution >= 4 is 40.8 Å². The molecule has 0 aromatic rings. The van der Waals surface area contributed by atoms with Gasteiger partial charge in [0.25, 0.3) is 0 Å². The van der Waals surface area contributed by atoms with Gasteiger partial charge in [0.05, 0.1) is 13.0 Å². The van der Waals surface area contributed by atoms with Crippen molar-refractivity contribution in [3.05, 3.63) is 0 Å². The third-order valence-corrected chi connectivity index (χ3v) is 2.25. The van der Waals surface area contributed by atoms with E-state index in [-0.39, 0.29) is 6.42 Å². The van der Waals surface area contributed by atoms with Crippen molar-refractivity contribution in [2.24, 2.45) is 0 Å². The number of hydrogen-bond donors (Lipinski definition) is 1. The summed E-state index contributed by atoms with van der Waals surface area (Å²) in [6, 6.07) is 0. The Kier molecular flexibility index (Phi) is 6.87. The molecule has 0 bridgehead atoms. The molecule has 84 valence electrons. The van der Waals surface area contributed by atoms with Gasteiger partial charge in [-0.3, -0.25) is 4.79 Å². The Balaban J connectivity index is 3.72. The molecule has 1 atom stereocenters. The van der Waals surface area contributed by atoms with Crippen LogP contribution >= 0.6 is 34.8 Å². The van der Waals surface area contributed by atoms with Gasteiger partial charge in [0.1, 0.15) is 6.10 Å². The highest BCUT2D eigenvalue weighted by Gasteiger charge is 2.32. The number of alkyl halides is 3. The number of aliphatic hydroxyl groups is 1. The summed E-state index contributed by atoms with van der Waals surface area (Å²) in [6.07, 6.45) is 0.0810. The fourth-order valence-electron chi connectivity index (χ4n) is 0.663. The molecule has 0 aliphatic rings. The Labute approximate surface area is 98.3 Å². The van der Waals surface area contributed by atoms with Crippen molar-refractivity contribution in [2.75, 3.05) is 6.61 Å². The lowest BCUT2D eigenvalue weighted by Crippen LogP contribution is -2.28. The fraction of sp³-hybridized carbons (Fsp3) is 0.875. The summed E-state index contributed by atoms with van der Waals surface area (Å²) in [4.78, 5) is 11.0. The molecular formula is C8H13Cl3O3. The maximum Gasteiger partial charge on any atom is 0.308 e. The van der Waals surface area contributed by atoms with E-state index in [4.69, 9.17) is 39.5 Å². The van der Waals surface area contributed by atoms with Crippen molar-refractivity contribution in [1.82, 2.24) is 0 Å². The average molecular weight is 264 g/mol. The van der Waals surface area contributed by atoms with Gasteiger partial charge in [0.2, 0.25) is 3.79 Å². The molecule has 0 aromatic carbocycles. The first-order valence-corrected chi connectivity index (χ1v) is 5.41. The third-order valence-electron chi connectivity index (χ3n) is 1.50. The molecule has 1 unspecified atom stereocenters. The molecule has 0 spiro atoms. The molecule has 0 fully saturated rings. The number of unbranched alkanes of at least 4 members (excludes halogenated alkanes) is 1. The standard InChI is InChI=1S/C8H13Cl3O3/c1-2-3-4-14-7(13)5-6(12)8(9,10)11/h6,12H,2-5H2,1H3. The van der Waals surface area contributed by atoms with Crippen LogP contribution in [-0.4, -0.2) is 27.6 Å². The molecule has 0 saturated heterocycles. The monoisotopic (exact) mass is 262 g/mol. The maximum atomic E-state index is 11.0. The number of halogens is 3. The number of esters is 1. The zero-order valence-corrected chi connectivity index (χ0v) is 10.1. The number of rotatable bonds is 5. The van der Waals surface area contributed by atoms with E-state index in [1.165, 1.54) is 0 Å². The van der Waals surface area contributed by atoms with Gasteiger partial charge in [0, 0.05) is 0 Å². The van der Waals surface area contributed by atoms with Crippen LogP contribution in [0.25, 0.3) is 0 Å². The first kappa shape index (κ1) is 14.3. The predicted molar refractivity (Wildman–Crippen MR) is 56.8 cm³/mol. The summed E-state index contributed by atoms with van der Waals surface area (Å²) >= 11 is 16.1. The number of ether oxygens (including phenoxy) is 1. The van der Waals surface area contributed by atoms with Crippen LogP contribution in [-0.2, 0) is 9.53 Å². The molecule has 0 saturated carbocycles. The summed E-state index contributed by atoms with van der Waals surface area (Å²) in [5, 5.41) is 9.22. The quantitative estimate of drug-likeness (QED) is 0.471. The highest BCUT2D eigenvalue weighted by Crippen LogP contribution is 2.31. The van der Waals surface area contributed by atoms with E-state index in [0.29, 0.717) is 6.61 Å². The summed E-state index contributed by atoms with van der Waals surface area (Å²) in [7, 11) is 0. The maximum absolute atomic E-state index is 11.0. The van der Waals surface area contributed by atoms with Crippen molar-refractivity contribution in [3.63, 3.8) is 0 Å². The topological polar surface area (TPSA) is 46.5 Å². The van der Waals surface area contributed by atoms with Crippen LogP contribution in [0.2, 0.25) is 0 Å². The van der Waals surface area contributed by atoms with E-state index in [9.17, 15) is 9.90 Å². The molecule has 1 N–H and O–H groups in total. The van der Waals surface area contributed by atoms with E-state index < -0.39 is 15.9 Å². The molecule has 0 rings (SSSR count). The van der Waals surface area contributed by atoms with Gasteiger partial charge in [0.15, 0.2) is 0 Å². The lowest BCUT2D eigenvalue weighted by molar-refractivity contribution is -0.145. The van der Waals surface area contributed by atoms with E-state index >= 15 is 0 Å².